The molecule has 1 amide bonds. The third-order valence-electron chi connectivity index (χ3n) is 4.64. The van der Waals surface area contributed by atoms with Crippen LogP contribution in [-0.4, -0.2) is 33.5 Å². The van der Waals surface area contributed by atoms with E-state index in [-0.39, 0.29) is 24.2 Å². The highest BCUT2D eigenvalue weighted by Gasteiger charge is 2.31. The molecule has 9 nitrogen and oxygen atoms in total. The highest BCUT2D eigenvalue weighted by molar-refractivity contribution is 5.90. The zero-order valence-electron chi connectivity index (χ0n) is 15.0. The lowest BCUT2D eigenvalue weighted by molar-refractivity contribution is -0.117. The zero-order chi connectivity index (χ0) is 19.1. The van der Waals surface area contributed by atoms with E-state index in [4.69, 9.17) is 13.9 Å². The molecule has 0 bridgehead atoms. The van der Waals surface area contributed by atoms with Gasteiger partial charge in [-0.1, -0.05) is 0 Å². The number of hydrogen-bond acceptors (Lipinski definition) is 6. The van der Waals surface area contributed by atoms with Crippen LogP contribution >= 0.6 is 0 Å². The Bertz CT molecular complexity index is 1080. The number of furan rings is 1. The van der Waals surface area contributed by atoms with E-state index >= 15 is 0 Å². The summed E-state index contributed by atoms with van der Waals surface area (Å²) in [6.07, 6.45) is 3.37. The fraction of sp³-hybridized carbons (Fsp3) is 0.316. The molecule has 0 atom stereocenters. The molecule has 9 heteroatoms. The van der Waals surface area contributed by atoms with Crippen molar-refractivity contribution in [2.75, 3.05) is 18.5 Å². The first kappa shape index (κ1) is 16.7. The monoisotopic (exact) mass is 382 g/mol. The van der Waals surface area contributed by atoms with Crippen molar-refractivity contribution in [2.24, 2.45) is 0 Å². The van der Waals surface area contributed by atoms with Gasteiger partial charge in [-0.15, -0.1) is 5.10 Å². The highest BCUT2D eigenvalue weighted by atomic mass is 16.6. The molecule has 0 unspecified atom stereocenters. The zero-order valence-corrected chi connectivity index (χ0v) is 15.0. The molecular formula is C19H18N4O5. The fourth-order valence-electron chi connectivity index (χ4n) is 3.22. The molecule has 1 aliphatic heterocycles. The van der Waals surface area contributed by atoms with Crippen molar-refractivity contribution in [3.05, 3.63) is 47.1 Å². The number of nitrogens with zero attached hydrogens (tertiary/aromatic N) is 3. The Balaban J connectivity index is 1.37. The normalized spacial score (nSPS) is 15.4. The number of carbonyl (C=O) groups excluding carboxylic acids is 1. The van der Waals surface area contributed by atoms with E-state index in [2.05, 4.69) is 10.4 Å². The topological polar surface area (TPSA) is 101 Å². The van der Waals surface area contributed by atoms with Crippen LogP contribution in [-0.2, 0) is 11.3 Å². The molecule has 2 aromatic heterocycles. The summed E-state index contributed by atoms with van der Waals surface area (Å²) < 4.78 is 19.2. The second-order valence-electron chi connectivity index (χ2n) is 6.75. The van der Waals surface area contributed by atoms with Gasteiger partial charge in [-0.25, -0.2) is 9.48 Å². The predicted molar refractivity (Wildman–Crippen MR) is 98.5 cm³/mol. The Kier molecular flexibility index (Phi) is 3.92. The highest BCUT2D eigenvalue weighted by Crippen LogP contribution is 2.36. The number of ether oxygens (including phenoxy) is 2. The number of anilines is 1. The van der Waals surface area contributed by atoms with Crippen LogP contribution in [0.4, 0.5) is 5.69 Å². The van der Waals surface area contributed by atoms with Gasteiger partial charge in [0.25, 0.3) is 0 Å². The summed E-state index contributed by atoms with van der Waals surface area (Å²) in [5.41, 5.74) is 0.251. The molecule has 28 heavy (non-hydrogen) atoms. The maximum absolute atomic E-state index is 12.8. The van der Waals surface area contributed by atoms with E-state index in [9.17, 15) is 9.59 Å². The minimum Gasteiger partial charge on any atom is -0.486 e. The van der Waals surface area contributed by atoms with Crippen molar-refractivity contribution in [3.63, 3.8) is 0 Å². The number of nitrogens with one attached hydrogen (secondary N) is 1. The number of rotatable bonds is 5. The van der Waals surface area contributed by atoms with Crippen molar-refractivity contribution in [3.8, 4) is 23.1 Å². The Morgan fingerprint density at radius 3 is 2.75 bits per heavy atom. The van der Waals surface area contributed by atoms with Gasteiger partial charge in [0.05, 0.1) is 6.26 Å². The molecule has 0 spiro atoms. The van der Waals surface area contributed by atoms with Crippen molar-refractivity contribution in [2.45, 2.75) is 25.4 Å². The quantitative estimate of drug-likeness (QED) is 0.725. The predicted octanol–water partition coefficient (Wildman–Crippen LogP) is 2.05. The van der Waals surface area contributed by atoms with Crippen molar-refractivity contribution in [1.82, 2.24) is 14.3 Å². The van der Waals surface area contributed by atoms with Gasteiger partial charge in [-0.05, 0) is 37.1 Å². The molecule has 144 valence electrons. The number of amides is 1. The molecule has 0 radical (unpaired) electrons. The maximum Gasteiger partial charge on any atom is 0.347 e. The molecule has 0 saturated heterocycles. The lowest BCUT2D eigenvalue weighted by atomic mass is 10.2. The average Bonchev–Trinajstić information content (AvgIpc) is 3.27. The first-order valence-electron chi connectivity index (χ1n) is 9.12. The van der Waals surface area contributed by atoms with Gasteiger partial charge >= 0.3 is 5.69 Å². The summed E-state index contributed by atoms with van der Waals surface area (Å²) >= 11 is 0. The first-order chi connectivity index (χ1) is 13.7. The van der Waals surface area contributed by atoms with E-state index in [1.165, 1.54) is 10.9 Å². The van der Waals surface area contributed by atoms with E-state index < -0.39 is 0 Å². The van der Waals surface area contributed by atoms with Crippen LogP contribution in [0.25, 0.3) is 11.6 Å². The Hall–Kier alpha value is -3.49. The van der Waals surface area contributed by atoms with E-state index in [1.807, 2.05) is 0 Å². The van der Waals surface area contributed by atoms with Crippen molar-refractivity contribution in [1.29, 1.82) is 0 Å². The SMILES string of the molecule is O=C(Cn1nc(-c2ccco2)n(C2CC2)c1=O)Nc1ccc2c(c1)OCCO2. The smallest absolute Gasteiger partial charge is 0.347 e. The molecule has 3 heterocycles. The van der Waals surface area contributed by atoms with Crippen LogP contribution in [0.5, 0.6) is 11.5 Å². The number of benzene rings is 1. The van der Waals surface area contributed by atoms with Gasteiger partial charge in [-0.3, -0.25) is 9.36 Å². The number of carbonyl (C=O) groups is 1. The van der Waals surface area contributed by atoms with Crippen LogP contribution in [0.1, 0.15) is 18.9 Å². The molecule has 1 aliphatic carbocycles. The van der Waals surface area contributed by atoms with Gasteiger partial charge in [-0.2, -0.15) is 0 Å². The summed E-state index contributed by atoms with van der Waals surface area (Å²) in [5.74, 6) is 1.83. The fourth-order valence-corrected chi connectivity index (χ4v) is 3.22. The second-order valence-corrected chi connectivity index (χ2v) is 6.75. The van der Waals surface area contributed by atoms with Crippen molar-refractivity contribution >= 4 is 11.6 Å². The van der Waals surface area contributed by atoms with Crippen LogP contribution in [0, 0.1) is 0 Å². The minimum absolute atomic E-state index is 0.113. The van der Waals surface area contributed by atoms with Gasteiger partial charge in [0.2, 0.25) is 11.7 Å². The van der Waals surface area contributed by atoms with Crippen molar-refractivity contribution < 1.29 is 18.7 Å². The Labute approximate surface area is 159 Å². The number of fused-ring (bicyclic) bond motifs is 1. The van der Waals surface area contributed by atoms with Crippen LogP contribution in [0.3, 0.4) is 0 Å². The summed E-state index contributed by atoms with van der Waals surface area (Å²) in [4.78, 5) is 25.2. The lowest BCUT2D eigenvalue weighted by Crippen LogP contribution is -2.30. The molecule has 3 aromatic rings. The number of hydrogen-bond donors (Lipinski definition) is 1. The van der Waals surface area contributed by atoms with E-state index in [0.29, 0.717) is 42.0 Å². The molecule has 1 aromatic carbocycles. The summed E-state index contributed by atoms with van der Waals surface area (Å²) in [5, 5.41) is 7.10. The Morgan fingerprint density at radius 1 is 1.18 bits per heavy atom. The van der Waals surface area contributed by atoms with Crippen LogP contribution < -0.4 is 20.5 Å². The third kappa shape index (κ3) is 3.04. The molecule has 2 aliphatic rings. The average molecular weight is 382 g/mol. The molecule has 1 N–H and O–H groups in total. The van der Waals surface area contributed by atoms with E-state index in [0.717, 1.165) is 12.8 Å². The number of aromatic nitrogens is 3. The second kappa shape index (κ2) is 6.59. The lowest BCUT2D eigenvalue weighted by Gasteiger charge is -2.18. The van der Waals surface area contributed by atoms with E-state index in [1.54, 1.807) is 34.9 Å². The molecule has 5 rings (SSSR count). The largest absolute Gasteiger partial charge is 0.486 e. The van der Waals surface area contributed by atoms with Gasteiger partial charge in [0.15, 0.2) is 17.3 Å². The maximum atomic E-state index is 12.8. The summed E-state index contributed by atoms with van der Waals surface area (Å²) in [7, 11) is 0. The first-order valence-corrected chi connectivity index (χ1v) is 9.12. The minimum atomic E-state index is -0.356. The van der Waals surface area contributed by atoms with Gasteiger partial charge < -0.3 is 19.2 Å². The van der Waals surface area contributed by atoms with Gasteiger partial charge in [0.1, 0.15) is 19.8 Å². The van der Waals surface area contributed by atoms with Gasteiger partial charge in [0, 0.05) is 17.8 Å². The Morgan fingerprint density at radius 2 is 2.00 bits per heavy atom. The summed E-state index contributed by atoms with van der Waals surface area (Å²) in [6, 6.07) is 8.78. The molecule has 1 fully saturated rings. The van der Waals surface area contributed by atoms with Crippen LogP contribution in [0.2, 0.25) is 0 Å². The summed E-state index contributed by atoms with van der Waals surface area (Å²) in [6.45, 7) is 0.776. The third-order valence-corrected chi connectivity index (χ3v) is 4.64. The molecular weight excluding hydrogens is 364 g/mol. The molecule has 1 saturated carbocycles. The van der Waals surface area contributed by atoms with Crippen LogP contribution in [0.15, 0.2) is 45.8 Å². The standard InChI is InChI=1S/C19H18N4O5/c24-17(20-12-3-6-14-16(10-12)28-9-8-27-14)11-22-19(25)23(13-4-5-13)18(21-22)15-2-1-7-26-15/h1-3,6-7,10,13H,4-5,8-9,11H2,(H,20,24).